The van der Waals surface area contributed by atoms with E-state index in [1.165, 1.54) is 38.7 Å². The van der Waals surface area contributed by atoms with Crippen LogP contribution in [0.3, 0.4) is 0 Å². The summed E-state index contributed by atoms with van der Waals surface area (Å²) in [6.07, 6.45) is 14.7. The highest BCUT2D eigenvalue weighted by Gasteiger charge is 2.30. The number of fused-ring (bicyclic) bond motifs is 5. The lowest BCUT2D eigenvalue weighted by Crippen LogP contribution is -2.45. The van der Waals surface area contributed by atoms with Gasteiger partial charge in [-0.15, -0.1) is 0 Å². The van der Waals surface area contributed by atoms with Crippen LogP contribution in [-0.2, 0) is 0 Å². The van der Waals surface area contributed by atoms with Crippen LogP contribution in [-0.4, -0.2) is 5.84 Å². The predicted molar refractivity (Wildman–Crippen MR) is 249 cm³/mol. The first kappa shape index (κ1) is 35.9. The molecular weight excluding hydrogens is 733 g/mol. The van der Waals surface area contributed by atoms with Crippen molar-refractivity contribution in [3.8, 4) is 11.1 Å². The minimum atomic E-state index is -0.361. The number of furan rings is 1. The summed E-state index contributed by atoms with van der Waals surface area (Å²) < 4.78 is 6.90. The SMILES string of the molecule is C1=CC(C2=NC(c3cc(C4=CC=C(N(c5ccccc5)c5ccc(-c6ccccc6)cc5)CC4)cc4c3oc3ccc5ccccc5c34)NC(c3ccccc3)N2)=CCC1. The molecule has 0 bridgehead atoms. The van der Waals surface area contributed by atoms with E-state index in [2.05, 4.69) is 210 Å². The fourth-order valence-electron chi connectivity index (χ4n) is 9.08. The molecule has 2 unspecified atom stereocenters. The highest BCUT2D eigenvalue weighted by Crippen LogP contribution is 2.43. The van der Waals surface area contributed by atoms with Crippen LogP contribution in [0, 0.1) is 0 Å². The molecule has 0 amide bonds. The van der Waals surface area contributed by atoms with E-state index >= 15 is 0 Å². The van der Waals surface area contributed by atoms with Gasteiger partial charge in [-0.05, 0) is 113 Å². The maximum absolute atomic E-state index is 6.90. The van der Waals surface area contributed by atoms with Crippen molar-refractivity contribution in [2.24, 2.45) is 4.99 Å². The third-order valence-corrected chi connectivity index (χ3v) is 12.1. The first-order valence-corrected chi connectivity index (χ1v) is 21.0. The largest absolute Gasteiger partial charge is 0.456 e. The summed E-state index contributed by atoms with van der Waals surface area (Å²) >= 11 is 0. The molecule has 0 radical (unpaired) electrons. The summed E-state index contributed by atoms with van der Waals surface area (Å²) in [4.78, 5) is 7.83. The highest BCUT2D eigenvalue weighted by molar-refractivity contribution is 6.19. The number of para-hydroxylation sites is 1. The number of nitrogens with zero attached hydrogens (tertiary/aromatic N) is 2. The first-order valence-electron chi connectivity index (χ1n) is 21.0. The Morgan fingerprint density at radius 2 is 1.35 bits per heavy atom. The van der Waals surface area contributed by atoms with Crippen LogP contribution in [0.25, 0.3) is 49.4 Å². The quantitative estimate of drug-likeness (QED) is 0.161. The summed E-state index contributed by atoms with van der Waals surface area (Å²) in [6, 6.07) is 58.4. The van der Waals surface area contributed by atoms with Gasteiger partial charge in [-0.2, -0.15) is 0 Å². The Balaban J connectivity index is 1.05. The van der Waals surface area contributed by atoms with Gasteiger partial charge in [0.15, 0.2) is 0 Å². The molecule has 0 saturated carbocycles. The lowest BCUT2D eigenvalue weighted by Gasteiger charge is -2.33. The van der Waals surface area contributed by atoms with E-state index in [1.807, 2.05) is 0 Å². The predicted octanol–water partition coefficient (Wildman–Crippen LogP) is 13.9. The van der Waals surface area contributed by atoms with Gasteiger partial charge in [0.2, 0.25) is 0 Å². The lowest BCUT2D eigenvalue weighted by molar-refractivity contribution is 0.408. The van der Waals surface area contributed by atoms with Gasteiger partial charge in [0.05, 0.1) is 0 Å². The van der Waals surface area contributed by atoms with Crippen LogP contribution in [0.5, 0.6) is 0 Å². The number of hydrogen-bond donors (Lipinski definition) is 2. The Hall–Kier alpha value is -7.21. The van der Waals surface area contributed by atoms with E-state index < -0.39 is 0 Å². The minimum Gasteiger partial charge on any atom is -0.456 e. The molecule has 2 heterocycles. The van der Waals surface area contributed by atoms with Crippen molar-refractivity contribution >= 4 is 55.5 Å². The topological polar surface area (TPSA) is 52.8 Å². The number of hydrogen-bond acceptors (Lipinski definition) is 5. The van der Waals surface area contributed by atoms with Crippen LogP contribution in [0.15, 0.2) is 215 Å². The molecule has 2 N–H and O–H groups in total. The third-order valence-electron chi connectivity index (χ3n) is 12.1. The van der Waals surface area contributed by atoms with Gasteiger partial charge < -0.3 is 14.6 Å². The van der Waals surface area contributed by atoms with Gasteiger partial charge in [0.1, 0.15) is 29.3 Å². The van der Waals surface area contributed by atoms with Gasteiger partial charge >= 0.3 is 0 Å². The maximum atomic E-state index is 6.90. The summed E-state index contributed by atoms with van der Waals surface area (Å²) in [5.74, 6) is 0.894. The van der Waals surface area contributed by atoms with Gasteiger partial charge in [0.25, 0.3) is 0 Å². The van der Waals surface area contributed by atoms with E-state index in [9.17, 15) is 0 Å². The number of aliphatic imine (C=N–C) groups is 1. The van der Waals surface area contributed by atoms with E-state index in [4.69, 9.17) is 9.41 Å². The minimum absolute atomic E-state index is 0.144. The zero-order chi connectivity index (χ0) is 39.8. The molecule has 11 rings (SSSR count). The second kappa shape index (κ2) is 15.5. The molecule has 290 valence electrons. The first-order chi connectivity index (χ1) is 29.7. The molecule has 7 aromatic carbocycles. The van der Waals surface area contributed by atoms with E-state index in [1.54, 1.807) is 0 Å². The van der Waals surface area contributed by atoms with Crippen LogP contribution in [0.4, 0.5) is 11.4 Å². The van der Waals surface area contributed by atoms with Crippen LogP contribution in [0.2, 0.25) is 0 Å². The standard InChI is InChI=1S/C55H44N4O/c1-5-15-37(16-6-1)38-25-30-45(31-26-38)59(44-22-11-4-12-23-44)46-32-27-39(28-33-46)43-35-48-51-47-24-14-13-17-40(47)29-34-50(51)60-52(48)49(36-43)55-57-53(41-18-7-2-8-19-41)56-54(58-55)42-20-9-3-10-21-42/h1-2,4-9,11-27,29-32,34-36,53,55,57H,3,10,28,33H2,(H,56,58). The molecule has 0 spiro atoms. The van der Waals surface area contributed by atoms with Crippen molar-refractivity contribution in [3.63, 3.8) is 0 Å². The molecule has 0 saturated heterocycles. The Morgan fingerprint density at radius 3 is 2.12 bits per heavy atom. The maximum Gasteiger partial charge on any atom is 0.142 e. The molecule has 5 nitrogen and oxygen atoms in total. The monoisotopic (exact) mass is 776 g/mol. The van der Waals surface area contributed by atoms with E-state index in [0.29, 0.717) is 0 Å². The summed E-state index contributed by atoms with van der Waals surface area (Å²) in [5.41, 5.74) is 13.5. The molecule has 3 aliphatic rings. The molecule has 2 aliphatic carbocycles. The fraction of sp³-hybridized carbons (Fsp3) is 0.109. The van der Waals surface area contributed by atoms with Gasteiger partial charge in [-0.25, -0.2) is 4.99 Å². The van der Waals surface area contributed by atoms with Crippen molar-refractivity contribution in [3.05, 3.63) is 222 Å². The Bertz CT molecular complexity index is 3030. The van der Waals surface area contributed by atoms with Crippen molar-refractivity contribution in [2.75, 3.05) is 4.90 Å². The van der Waals surface area contributed by atoms with Gasteiger partial charge in [-0.3, -0.25) is 5.32 Å². The summed E-state index contributed by atoms with van der Waals surface area (Å²) in [7, 11) is 0. The number of allylic oxidation sites excluding steroid dienone is 6. The molecule has 8 aromatic rings. The molecular formula is C55H44N4O. The third kappa shape index (κ3) is 6.73. The van der Waals surface area contributed by atoms with Crippen molar-refractivity contribution in [2.45, 2.75) is 38.0 Å². The molecule has 5 heteroatoms. The zero-order valence-electron chi connectivity index (χ0n) is 33.3. The normalized spacial score (nSPS) is 17.8. The summed E-state index contributed by atoms with van der Waals surface area (Å²) in [5, 5.41) is 12.3. The number of amidine groups is 1. The average molecular weight is 777 g/mol. The van der Waals surface area contributed by atoms with Gasteiger partial charge in [-0.1, -0.05) is 146 Å². The van der Waals surface area contributed by atoms with Gasteiger partial charge in [0, 0.05) is 39.0 Å². The smallest absolute Gasteiger partial charge is 0.142 e. The molecule has 1 aliphatic heterocycles. The highest BCUT2D eigenvalue weighted by atomic mass is 16.3. The van der Waals surface area contributed by atoms with E-state index in [0.717, 1.165) is 81.5 Å². The van der Waals surface area contributed by atoms with Crippen LogP contribution >= 0.6 is 0 Å². The second-order valence-electron chi connectivity index (χ2n) is 15.8. The second-order valence-corrected chi connectivity index (χ2v) is 15.8. The van der Waals surface area contributed by atoms with E-state index in [-0.39, 0.29) is 12.3 Å². The van der Waals surface area contributed by atoms with Crippen molar-refractivity contribution < 1.29 is 4.42 Å². The molecule has 2 atom stereocenters. The molecule has 60 heavy (non-hydrogen) atoms. The number of rotatable bonds is 8. The van der Waals surface area contributed by atoms with Crippen molar-refractivity contribution in [1.82, 2.24) is 10.6 Å². The number of nitrogens with one attached hydrogen (secondary N) is 2. The lowest BCUT2D eigenvalue weighted by atomic mass is 9.91. The Labute approximate surface area is 350 Å². The number of benzene rings is 7. The van der Waals surface area contributed by atoms with Crippen LogP contribution in [0.1, 0.15) is 54.7 Å². The summed E-state index contributed by atoms with van der Waals surface area (Å²) in [6.45, 7) is 0. The van der Waals surface area contributed by atoms with Crippen molar-refractivity contribution in [1.29, 1.82) is 0 Å². The Kier molecular flexibility index (Phi) is 9.29. The molecule has 0 fully saturated rings. The molecule has 1 aromatic heterocycles. The van der Waals surface area contributed by atoms with Crippen LogP contribution < -0.4 is 15.5 Å². The number of anilines is 2. The zero-order valence-corrected chi connectivity index (χ0v) is 33.3. The fourth-order valence-corrected chi connectivity index (χ4v) is 9.08. The Morgan fingerprint density at radius 1 is 0.617 bits per heavy atom. The average Bonchev–Trinajstić information content (AvgIpc) is 3.72.